The molecule has 0 saturated heterocycles. The summed E-state index contributed by atoms with van der Waals surface area (Å²) < 4.78 is 13.5. The first-order valence-corrected chi connectivity index (χ1v) is 6.21. The van der Waals surface area contributed by atoms with Gasteiger partial charge in [-0.15, -0.1) is 0 Å². The number of carbonyl (C=O) groups excluding carboxylic acids is 1. The number of benzene rings is 1. The highest BCUT2D eigenvalue weighted by atomic mass is 127. The largest absolute Gasteiger partial charge is 0.324 e. The molecule has 0 spiro atoms. The molecule has 3 nitrogen and oxygen atoms in total. The molecule has 1 fully saturated rings. The summed E-state index contributed by atoms with van der Waals surface area (Å²) >= 11 is 2.00. The van der Waals surface area contributed by atoms with Gasteiger partial charge in [0.25, 0.3) is 0 Å². The number of halogens is 2. The van der Waals surface area contributed by atoms with E-state index in [4.69, 9.17) is 0 Å². The second-order valence-corrected chi connectivity index (χ2v) is 4.99. The van der Waals surface area contributed by atoms with Crippen molar-refractivity contribution in [2.24, 2.45) is 0 Å². The van der Waals surface area contributed by atoms with E-state index in [1.807, 2.05) is 22.6 Å². The van der Waals surface area contributed by atoms with Crippen molar-refractivity contribution in [3.8, 4) is 0 Å². The van der Waals surface area contributed by atoms with E-state index in [0.717, 1.165) is 12.8 Å². The molecule has 0 radical (unpaired) electrons. The van der Waals surface area contributed by atoms with E-state index in [1.54, 1.807) is 6.07 Å². The summed E-state index contributed by atoms with van der Waals surface area (Å²) in [5.74, 6) is -0.380. The van der Waals surface area contributed by atoms with Crippen LogP contribution in [0.2, 0.25) is 0 Å². The van der Waals surface area contributed by atoms with Crippen LogP contribution in [0, 0.1) is 9.39 Å². The van der Waals surface area contributed by atoms with Gasteiger partial charge in [0, 0.05) is 9.61 Å². The van der Waals surface area contributed by atoms with Crippen molar-refractivity contribution in [3.63, 3.8) is 0 Å². The fourth-order valence-electron chi connectivity index (χ4n) is 1.31. The Bertz CT molecular complexity index is 407. The van der Waals surface area contributed by atoms with Crippen LogP contribution in [0.4, 0.5) is 10.1 Å². The first kappa shape index (κ1) is 11.8. The fourth-order valence-corrected chi connectivity index (χ4v) is 1.92. The maximum absolute atomic E-state index is 12.8. The molecule has 5 heteroatoms. The zero-order valence-electron chi connectivity index (χ0n) is 8.59. The zero-order chi connectivity index (χ0) is 11.5. The fraction of sp³-hybridized carbons (Fsp3) is 0.364. The Hall–Kier alpha value is -0.690. The minimum absolute atomic E-state index is 0.0866. The predicted octanol–water partition coefficient (Wildman–Crippen LogP) is 2.12. The number of rotatable bonds is 4. The number of amides is 1. The van der Waals surface area contributed by atoms with Gasteiger partial charge in [0.05, 0.1) is 12.2 Å². The van der Waals surface area contributed by atoms with Gasteiger partial charge in [-0.1, -0.05) is 0 Å². The van der Waals surface area contributed by atoms with Crippen LogP contribution in [0.25, 0.3) is 0 Å². The summed E-state index contributed by atoms with van der Waals surface area (Å²) in [4.78, 5) is 11.5. The molecule has 1 aromatic carbocycles. The van der Waals surface area contributed by atoms with Crippen molar-refractivity contribution in [2.45, 2.75) is 18.9 Å². The summed E-state index contributed by atoms with van der Waals surface area (Å²) in [5.41, 5.74) is 0.657. The van der Waals surface area contributed by atoms with E-state index in [-0.39, 0.29) is 11.7 Å². The maximum Gasteiger partial charge on any atom is 0.238 e. The lowest BCUT2D eigenvalue weighted by Gasteiger charge is -2.07. The molecule has 2 rings (SSSR count). The molecule has 86 valence electrons. The normalized spacial score (nSPS) is 14.9. The average molecular weight is 334 g/mol. The number of hydrogen-bond donors (Lipinski definition) is 2. The lowest BCUT2D eigenvalue weighted by atomic mass is 10.3. The van der Waals surface area contributed by atoms with Crippen LogP contribution in [-0.2, 0) is 4.79 Å². The van der Waals surface area contributed by atoms with E-state index in [9.17, 15) is 9.18 Å². The molecule has 1 saturated carbocycles. The third kappa shape index (κ3) is 3.41. The minimum atomic E-state index is -0.293. The standard InChI is InChI=1S/C11H12FIN2O/c12-7-1-4-10(9(13)5-7)15-11(16)6-14-8-2-3-8/h1,4-5,8,14H,2-3,6H2,(H,15,16). The van der Waals surface area contributed by atoms with Gasteiger partial charge in [0.15, 0.2) is 0 Å². The first-order valence-electron chi connectivity index (χ1n) is 5.13. The lowest BCUT2D eigenvalue weighted by molar-refractivity contribution is -0.115. The van der Waals surface area contributed by atoms with Crippen LogP contribution in [0.15, 0.2) is 18.2 Å². The molecule has 0 unspecified atom stereocenters. The molecule has 0 aliphatic heterocycles. The van der Waals surface area contributed by atoms with Crippen LogP contribution in [-0.4, -0.2) is 18.5 Å². The second-order valence-electron chi connectivity index (χ2n) is 3.83. The Balaban J connectivity index is 1.89. The highest BCUT2D eigenvalue weighted by Gasteiger charge is 2.21. The minimum Gasteiger partial charge on any atom is -0.324 e. The third-order valence-electron chi connectivity index (χ3n) is 2.33. The SMILES string of the molecule is O=C(CNC1CC1)Nc1ccc(F)cc1I. The molecule has 0 atom stereocenters. The summed E-state index contributed by atoms with van der Waals surface area (Å²) in [6.07, 6.45) is 2.31. The summed E-state index contributed by atoms with van der Waals surface area (Å²) in [5, 5.41) is 5.86. The van der Waals surface area contributed by atoms with Gasteiger partial charge >= 0.3 is 0 Å². The first-order chi connectivity index (χ1) is 7.65. The van der Waals surface area contributed by atoms with Crippen molar-refractivity contribution < 1.29 is 9.18 Å². The molecule has 2 N–H and O–H groups in total. The molecular weight excluding hydrogens is 322 g/mol. The molecule has 1 aromatic rings. The molecule has 1 aliphatic rings. The molecule has 0 aromatic heterocycles. The molecular formula is C11H12FIN2O. The van der Waals surface area contributed by atoms with Crippen LogP contribution in [0.5, 0.6) is 0 Å². The summed E-state index contributed by atoms with van der Waals surface area (Å²) in [7, 11) is 0. The van der Waals surface area contributed by atoms with Gasteiger partial charge in [-0.05, 0) is 53.6 Å². The highest BCUT2D eigenvalue weighted by Crippen LogP contribution is 2.20. The van der Waals surface area contributed by atoms with E-state index >= 15 is 0 Å². The van der Waals surface area contributed by atoms with Crippen LogP contribution in [0.1, 0.15) is 12.8 Å². The molecule has 0 heterocycles. The Kier molecular flexibility index (Phi) is 3.75. The van der Waals surface area contributed by atoms with E-state index in [0.29, 0.717) is 21.8 Å². The maximum atomic E-state index is 12.8. The zero-order valence-corrected chi connectivity index (χ0v) is 10.8. The number of anilines is 1. The van der Waals surface area contributed by atoms with Gasteiger partial charge in [0.1, 0.15) is 5.82 Å². The predicted molar refractivity (Wildman–Crippen MR) is 68.8 cm³/mol. The van der Waals surface area contributed by atoms with Crippen molar-refractivity contribution in [1.29, 1.82) is 0 Å². The van der Waals surface area contributed by atoms with Crippen molar-refractivity contribution in [3.05, 3.63) is 27.6 Å². The van der Waals surface area contributed by atoms with Crippen molar-refractivity contribution in [1.82, 2.24) is 5.32 Å². The third-order valence-corrected chi connectivity index (χ3v) is 3.23. The summed E-state index contributed by atoms with van der Waals surface area (Å²) in [6, 6.07) is 4.82. The van der Waals surface area contributed by atoms with Gasteiger partial charge in [0.2, 0.25) is 5.91 Å². The molecule has 16 heavy (non-hydrogen) atoms. The number of hydrogen-bond acceptors (Lipinski definition) is 2. The number of carbonyl (C=O) groups is 1. The van der Waals surface area contributed by atoms with Gasteiger partial charge < -0.3 is 10.6 Å². The molecule has 0 bridgehead atoms. The Morgan fingerprint density at radius 2 is 2.25 bits per heavy atom. The molecule has 1 amide bonds. The Labute approximate surface area is 107 Å². The molecule has 1 aliphatic carbocycles. The van der Waals surface area contributed by atoms with E-state index in [2.05, 4.69) is 10.6 Å². The van der Waals surface area contributed by atoms with Crippen LogP contribution >= 0.6 is 22.6 Å². The van der Waals surface area contributed by atoms with Crippen molar-refractivity contribution >= 4 is 34.2 Å². The monoisotopic (exact) mass is 334 g/mol. The second kappa shape index (κ2) is 5.09. The lowest BCUT2D eigenvalue weighted by Crippen LogP contribution is -2.29. The Morgan fingerprint density at radius 3 is 2.88 bits per heavy atom. The Morgan fingerprint density at radius 1 is 1.50 bits per heavy atom. The van der Waals surface area contributed by atoms with Gasteiger partial charge in [-0.25, -0.2) is 4.39 Å². The summed E-state index contributed by atoms with van der Waals surface area (Å²) in [6.45, 7) is 0.318. The average Bonchev–Trinajstić information content (AvgIpc) is 3.03. The number of nitrogens with one attached hydrogen (secondary N) is 2. The van der Waals surface area contributed by atoms with Gasteiger partial charge in [-0.2, -0.15) is 0 Å². The highest BCUT2D eigenvalue weighted by molar-refractivity contribution is 14.1. The van der Waals surface area contributed by atoms with Gasteiger partial charge in [-0.3, -0.25) is 4.79 Å². The van der Waals surface area contributed by atoms with Crippen molar-refractivity contribution in [2.75, 3.05) is 11.9 Å². The van der Waals surface area contributed by atoms with E-state index in [1.165, 1.54) is 12.1 Å². The smallest absolute Gasteiger partial charge is 0.238 e. The van der Waals surface area contributed by atoms with Crippen LogP contribution in [0.3, 0.4) is 0 Å². The topological polar surface area (TPSA) is 41.1 Å². The van der Waals surface area contributed by atoms with E-state index < -0.39 is 0 Å². The van der Waals surface area contributed by atoms with Crippen LogP contribution < -0.4 is 10.6 Å². The quantitative estimate of drug-likeness (QED) is 0.829.